The van der Waals surface area contributed by atoms with Crippen molar-refractivity contribution in [2.24, 2.45) is 5.10 Å². The first-order valence-corrected chi connectivity index (χ1v) is 8.76. The minimum Gasteiger partial charge on any atom is -0.465 e. The first kappa shape index (κ1) is 19.6. The molecule has 1 rings (SSSR count). The fourth-order valence-corrected chi connectivity index (χ4v) is 2.44. The van der Waals surface area contributed by atoms with Crippen molar-refractivity contribution in [3.05, 3.63) is 0 Å². The van der Waals surface area contributed by atoms with E-state index >= 15 is 0 Å². The minimum atomic E-state index is -0.387. The molecule has 0 aromatic carbocycles. The van der Waals surface area contributed by atoms with Crippen LogP contribution in [0.4, 0.5) is 0 Å². The van der Waals surface area contributed by atoms with Crippen LogP contribution in [0.5, 0.6) is 0 Å². The number of carbonyl (C=O) groups excluding carboxylic acids is 2. The fraction of sp³-hybridized carbons (Fsp3) is 0.824. The first-order chi connectivity index (χ1) is 11.1. The number of hydrogen-bond acceptors (Lipinski definition) is 5. The summed E-state index contributed by atoms with van der Waals surface area (Å²) in [5.74, 6) is -0.651. The van der Waals surface area contributed by atoms with Crippen LogP contribution in [-0.2, 0) is 19.2 Å². The lowest BCUT2D eigenvalue weighted by Crippen LogP contribution is -2.38. The van der Waals surface area contributed by atoms with Gasteiger partial charge in [0, 0.05) is 19.1 Å². The van der Waals surface area contributed by atoms with Crippen LogP contribution in [0.15, 0.2) is 5.10 Å². The molecular formula is C17H30N2O4. The predicted octanol–water partition coefficient (Wildman–Crippen LogP) is 3.60. The molecule has 1 amide bonds. The summed E-state index contributed by atoms with van der Waals surface area (Å²) < 4.78 is 4.81. The molecule has 1 atom stereocenters. The number of rotatable bonds is 10. The fourth-order valence-electron chi connectivity index (χ4n) is 2.44. The molecule has 0 aromatic rings. The lowest BCUT2D eigenvalue weighted by atomic mass is 10.0. The number of unbranched alkanes of at least 4 members (excludes halogenated alkanes) is 3. The largest absolute Gasteiger partial charge is 0.465 e. The van der Waals surface area contributed by atoms with Gasteiger partial charge in [-0.15, -0.1) is 5.17 Å². The maximum Gasteiger partial charge on any atom is 0.302 e. The average molecular weight is 326 g/mol. The van der Waals surface area contributed by atoms with E-state index in [0.717, 1.165) is 55.8 Å². The van der Waals surface area contributed by atoms with E-state index < -0.39 is 0 Å². The number of hydrazone groups is 1. The highest BCUT2D eigenvalue weighted by molar-refractivity contribution is 5.87. The van der Waals surface area contributed by atoms with Crippen molar-refractivity contribution in [2.75, 3.05) is 6.61 Å². The van der Waals surface area contributed by atoms with Gasteiger partial charge in [0.25, 0.3) is 5.91 Å². The van der Waals surface area contributed by atoms with Gasteiger partial charge in [0.1, 0.15) is 6.61 Å². The molecule has 0 aliphatic carbocycles. The second-order valence-electron chi connectivity index (χ2n) is 5.95. The van der Waals surface area contributed by atoms with Gasteiger partial charge in [-0.25, -0.2) is 4.84 Å². The zero-order valence-corrected chi connectivity index (χ0v) is 14.7. The van der Waals surface area contributed by atoms with Crippen LogP contribution < -0.4 is 0 Å². The Morgan fingerprint density at radius 3 is 2.65 bits per heavy atom. The summed E-state index contributed by atoms with van der Waals surface area (Å²) in [5, 5.41) is 5.47. The molecule has 0 aromatic heterocycles. The van der Waals surface area contributed by atoms with Crippen LogP contribution in [0.3, 0.4) is 0 Å². The topological polar surface area (TPSA) is 68.2 Å². The molecule has 1 unspecified atom stereocenters. The van der Waals surface area contributed by atoms with E-state index in [9.17, 15) is 9.59 Å². The van der Waals surface area contributed by atoms with E-state index in [2.05, 4.69) is 18.9 Å². The first-order valence-electron chi connectivity index (χ1n) is 8.76. The number of carbonyl (C=O) groups is 2. The molecule has 6 nitrogen and oxygen atoms in total. The third-order valence-electron chi connectivity index (χ3n) is 3.73. The van der Waals surface area contributed by atoms with Gasteiger partial charge in [-0.1, -0.05) is 39.5 Å². The second-order valence-corrected chi connectivity index (χ2v) is 5.95. The molecule has 6 heteroatoms. The molecule has 1 aliphatic heterocycles. The summed E-state index contributed by atoms with van der Waals surface area (Å²) in [4.78, 5) is 28.6. The van der Waals surface area contributed by atoms with Gasteiger partial charge >= 0.3 is 5.97 Å². The summed E-state index contributed by atoms with van der Waals surface area (Å²) in [6, 6.07) is 0. The standard InChI is InChI=1S/C17H30N2O4/c1-4-6-8-9-15-13-16(10-7-5-2)23-19(18-15)17(21)11-12-22-14(3)20/h16H,4-13H2,1-3H3. The highest BCUT2D eigenvalue weighted by atomic mass is 16.7. The Morgan fingerprint density at radius 1 is 1.26 bits per heavy atom. The van der Waals surface area contributed by atoms with Gasteiger partial charge in [0.2, 0.25) is 0 Å². The van der Waals surface area contributed by atoms with Crippen LogP contribution in [0.2, 0.25) is 0 Å². The summed E-state index contributed by atoms with van der Waals surface area (Å²) in [6.45, 7) is 5.70. The number of esters is 1. The molecule has 0 N–H and O–H groups in total. The predicted molar refractivity (Wildman–Crippen MR) is 88.7 cm³/mol. The van der Waals surface area contributed by atoms with Crippen LogP contribution in [-0.4, -0.2) is 35.5 Å². The van der Waals surface area contributed by atoms with E-state index in [1.807, 2.05) is 0 Å². The van der Waals surface area contributed by atoms with E-state index in [1.54, 1.807) is 0 Å². The van der Waals surface area contributed by atoms with Gasteiger partial charge in [0.15, 0.2) is 0 Å². The lowest BCUT2D eigenvalue weighted by Gasteiger charge is -2.29. The van der Waals surface area contributed by atoms with Crippen molar-refractivity contribution in [3.8, 4) is 0 Å². The van der Waals surface area contributed by atoms with Crippen molar-refractivity contribution in [2.45, 2.75) is 84.7 Å². The van der Waals surface area contributed by atoms with Crippen molar-refractivity contribution in [1.29, 1.82) is 0 Å². The molecule has 0 radical (unpaired) electrons. The molecule has 0 saturated carbocycles. The van der Waals surface area contributed by atoms with Crippen LogP contribution in [0, 0.1) is 0 Å². The van der Waals surface area contributed by atoms with Gasteiger partial charge in [0.05, 0.1) is 12.5 Å². The van der Waals surface area contributed by atoms with Gasteiger partial charge in [-0.3, -0.25) is 9.59 Å². The van der Waals surface area contributed by atoms with E-state index in [-0.39, 0.29) is 31.0 Å². The SMILES string of the molecule is CCCCCC1=NN(C(=O)CCOC(C)=O)OC(CCCC)C1. The highest BCUT2D eigenvalue weighted by Crippen LogP contribution is 2.20. The molecule has 132 valence electrons. The maximum absolute atomic E-state index is 12.2. The van der Waals surface area contributed by atoms with Crippen molar-refractivity contribution in [1.82, 2.24) is 5.17 Å². The Labute approximate surface area is 139 Å². The zero-order valence-electron chi connectivity index (χ0n) is 14.7. The van der Waals surface area contributed by atoms with E-state index in [0.29, 0.717) is 0 Å². The molecule has 0 bridgehead atoms. The lowest BCUT2D eigenvalue weighted by molar-refractivity contribution is -0.212. The van der Waals surface area contributed by atoms with Crippen molar-refractivity contribution >= 4 is 17.6 Å². The second kappa shape index (κ2) is 11.2. The Balaban J connectivity index is 2.59. The summed E-state index contributed by atoms with van der Waals surface area (Å²) in [5.41, 5.74) is 1.03. The summed E-state index contributed by atoms with van der Waals surface area (Å²) in [6.07, 6.45) is 8.33. The molecule has 0 fully saturated rings. The Morgan fingerprint density at radius 2 is 2.00 bits per heavy atom. The molecule has 1 aliphatic rings. The van der Waals surface area contributed by atoms with Crippen LogP contribution >= 0.6 is 0 Å². The highest BCUT2D eigenvalue weighted by Gasteiger charge is 2.26. The maximum atomic E-state index is 12.2. The molecule has 0 spiro atoms. The molecule has 0 saturated heterocycles. The Hall–Kier alpha value is -1.43. The van der Waals surface area contributed by atoms with E-state index in [1.165, 1.54) is 13.3 Å². The number of ether oxygens (including phenoxy) is 1. The number of hydroxylamine groups is 1. The molecular weight excluding hydrogens is 296 g/mol. The Bertz CT molecular complexity index is 409. The third-order valence-corrected chi connectivity index (χ3v) is 3.73. The quantitative estimate of drug-likeness (QED) is 0.454. The minimum absolute atomic E-state index is 0.0155. The number of amides is 1. The smallest absolute Gasteiger partial charge is 0.302 e. The van der Waals surface area contributed by atoms with Crippen molar-refractivity contribution < 1.29 is 19.2 Å². The number of nitrogens with zero attached hydrogens (tertiary/aromatic N) is 2. The Kier molecular flexibility index (Phi) is 9.52. The van der Waals surface area contributed by atoms with Crippen LogP contribution in [0.1, 0.15) is 78.6 Å². The monoisotopic (exact) mass is 326 g/mol. The summed E-state index contributed by atoms with van der Waals surface area (Å²) >= 11 is 0. The molecule has 23 heavy (non-hydrogen) atoms. The van der Waals surface area contributed by atoms with E-state index in [4.69, 9.17) is 9.57 Å². The van der Waals surface area contributed by atoms with Gasteiger partial charge in [-0.05, 0) is 19.3 Å². The van der Waals surface area contributed by atoms with Crippen LogP contribution in [0.25, 0.3) is 0 Å². The van der Waals surface area contributed by atoms with Gasteiger partial charge in [-0.2, -0.15) is 5.10 Å². The van der Waals surface area contributed by atoms with Gasteiger partial charge < -0.3 is 4.74 Å². The number of hydrogen-bond donors (Lipinski definition) is 0. The third kappa shape index (κ3) is 8.11. The summed E-state index contributed by atoms with van der Waals surface area (Å²) in [7, 11) is 0. The normalized spacial score (nSPS) is 17.8. The van der Waals surface area contributed by atoms with Crippen molar-refractivity contribution in [3.63, 3.8) is 0 Å². The average Bonchev–Trinajstić information content (AvgIpc) is 2.52. The molecule has 1 heterocycles. The zero-order chi connectivity index (χ0) is 17.1.